The van der Waals surface area contributed by atoms with Gasteiger partial charge in [-0.25, -0.2) is 4.39 Å². The van der Waals surface area contributed by atoms with Crippen LogP contribution >= 0.6 is 23.2 Å². The molecule has 0 aliphatic rings. The fraction of sp³-hybridized carbons (Fsp3) is 0.300. The van der Waals surface area contributed by atoms with Crippen molar-refractivity contribution in [1.82, 2.24) is 10.2 Å². The highest BCUT2D eigenvalue weighted by Gasteiger charge is 2.16. The van der Waals surface area contributed by atoms with Crippen molar-refractivity contribution in [3.63, 3.8) is 0 Å². The molecule has 2 amide bonds. The van der Waals surface area contributed by atoms with Gasteiger partial charge in [0, 0.05) is 19.5 Å². The van der Waals surface area contributed by atoms with Gasteiger partial charge >= 0.3 is 0 Å². The zero-order valence-corrected chi connectivity index (χ0v) is 16.5. The van der Waals surface area contributed by atoms with E-state index in [1.165, 1.54) is 17.0 Å². The number of nitrogens with zero attached hydrogens (tertiary/aromatic N) is 1. The summed E-state index contributed by atoms with van der Waals surface area (Å²) in [5.41, 5.74) is 1.59. The molecule has 4 nitrogen and oxygen atoms in total. The van der Waals surface area contributed by atoms with Gasteiger partial charge in [-0.3, -0.25) is 9.59 Å². The molecule has 2 rings (SSSR count). The van der Waals surface area contributed by atoms with Crippen LogP contribution in [0.4, 0.5) is 4.39 Å². The molecule has 144 valence electrons. The maximum atomic E-state index is 12.9. The number of hydrogen-bond donors (Lipinski definition) is 1. The molecular weight excluding hydrogens is 390 g/mol. The molecule has 0 saturated carbocycles. The van der Waals surface area contributed by atoms with E-state index in [4.69, 9.17) is 23.2 Å². The number of carbonyl (C=O) groups excluding carboxylic acids is 2. The average molecular weight is 411 g/mol. The van der Waals surface area contributed by atoms with Crippen molar-refractivity contribution in [2.24, 2.45) is 0 Å². The molecule has 1 N–H and O–H groups in total. The third-order valence-corrected chi connectivity index (χ3v) is 4.97. The first-order valence-corrected chi connectivity index (χ1v) is 9.38. The first-order chi connectivity index (χ1) is 12.9. The van der Waals surface area contributed by atoms with E-state index in [0.717, 1.165) is 11.1 Å². The summed E-state index contributed by atoms with van der Waals surface area (Å²) in [7, 11) is 0. The van der Waals surface area contributed by atoms with E-state index in [9.17, 15) is 14.0 Å². The van der Waals surface area contributed by atoms with Gasteiger partial charge in [0.2, 0.25) is 11.8 Å². The lowest BCUT2D eigenvalue weighted by Gasteiger charge is -2.20. The topological polar surface area (TPSA) is 49.4 Å². The standard InChI is InChI=1S/C20H21Cl2FN2O2/c1-2-25(13-18(26)24-12-14-6-9-16(23)10-7-14)19(27)11-8-15-4-3-5-17(21)20(15)22/h3-7,9-10H,2,8,11-13H2,1H3,(H,24,26). The van der Waals surface area contributed by atoms with Crippen LogP contribution in [-0.4, -0.2) is 29.8 Å². The SMILES string of the molecule is CCN(CC(=O)NCc1ccc(F)cc1)C(=O)CCc1cccc(Cl)c1Cl. The predicted molar refractivity (Wildman–Crippen MR) is 105 cm³/mol. The van der Waals surface area contributed by atoms with Crippen molar-refractivity contribution in [2.75, 3.05) is 13.1 Å². The Balaban J connectivity index is 1.83. The third-order valence-electron chi connectivity index (χ3n) is 4.11. The van der Waals surface area contributed by atoms with Crippen molar-refractivity contribution in [1.29, 1.82) is 0 Å². The Bertz CT molecular complexity index is 797. The highest BCUT2D eigenvalue weighted by molar-refractivity contribution is 6.42. The first-order valence-electron chi connectivity index (χ1n) is 8.62. The molecule has 2 aromatic carbocycles. The fourth-order valence-corrected chi connectivity index (χ4v) is 2.96. The summed E-state index contributed by atoms with van der Waals surface area (Å²) in [5.74, 6) is -0.728. The zero-order chi connectivity index (χ0) is 19.8. The molecule has 2 aromatic rings. The van der Waals surface area contributed by atoms with E-state index in [1.807, 2.05) is 13.0 Å². The van der Waals surface area contributed by atoms with E-state index in [-0.39, 0.29) is 37.1 Å². The largest absolute Gasteiger partial charge is 0.350 e. The highest BCUT2D eigenvalue weighted by Crippen LogP contribution is 2.26. The molecule has 0 atom stereocenters. The van der Waals surface area contributed by atoms with E-state index < -0.39 is 0 Å². The van der Waals surface area contributed by atoms with Crippen LogP contribution in [0.1, 0.15) is 24.5 Å². The summed E-state index contributed by atoms with van der Waals surface area (Å²) >= 11 is 12.1. The van der Waals surface area contributed by atoms with Gasteiger partial charge in [-0.2, -0.15) is 0 Å². The van der Waals surface area contributed by atoms with E-state index in [2.05, 4.69) is 5.32 Å². The molecule has 0 unspecified atom stereocenters. The number of rotatable bonds is 8. The molecular formula is C20H21Cl2FN2O2. The third kappa shape index (κ3) is 6.52. The van der Waals surface area contributed by atoms with Crippen LogP contribution in [0.15, 0.2) is 42.5 Å². The van der Waals surface area contributed by atoms with Crippen LogP contribution in [-0.2, 0) is 22.6 Å². The zero-order valence-electron chi connectivity index (χ0n) is 15.0. The molecule has 0 saturated heterocycles. The van der Waals surface area contributed by atoms with Gasteiger partial charge in [-0.05, 0) is 42.7 Å². The summed E-state index contributed by atoms with van der Waals surface area (Å²) in [5, 5.41) is 3.64. The lowest BCUT2D eigenvalue weighted by atomic mass is 10.1. The van der Waals surface area contributed by atoms with Crippen LogP contribution < -0.4 is 5.32 Å². The lowest BCUT2D eigenvalue weighted by Crippen LogP contribution is -2.40. The van der Waals surface area contributed by atoms with Crippen molar-refractivity contribution in [3.8, 4) is 0 Å². The summed E-state index contributed by atoms with van der Waals surface area (Å²) in [4.78, 5) is 26.0. The Kier molecular flexibility index (Phi) is 8.07. The number of nitrogens with one attached hydrogen (secondary N) is 1. The molecule has 0 heterocycles. The van der Waals surface area contributed by atoms with Gasteiger partial charge in [-0.1, -0.05) is 47.5 Å². The van der Waals surface area contributed by atoms with Crippen molar-refractivity contribution in [3.05, 3.63) is 69.5 Å². The number of benzene rings is 2. The summed E-state index contributed by atoms with van der Waals surface area (Å²) in [6, 6.07) is 11.2. The predicted octanol–water partition coefficient (Wildman–Crippen LogP) is 4.23. The normalized spacial score (nSPS) is 10.5. The second-order valence-corrected chi connectivity index (χ2v) is 6.81. The number of halogens is 3. The number of carbonyl (C=O) groups is 2. The summed E-state index contributed by atoms with van der Waals surface area (Å²) in [6.45, 7) is 2.49. The van der Waals surface area contributed by atoms with Crippen LogP contribution in [0, 0.1) is 5.82 Å². The maximum Gasteiger partial charge on any atom is 0.239 e. The molecule has 0 spiro atoms. The molecule has 0 aliphatic heterocycles. The van der Waals surface area contributed by atoms with Gasteiger partial charge in [0.15, 0.2) is 0 Å². The number of amides is 2. The number of likely N-dealkylation sites (N-methyl/N-ethyl adjacent to an activating group) is 1. The molecule has 7 heteroatoms. The second-order valence-electron chi connectivity index (χ2n) is 6.02. The van der Waals surface area contributed by atoms with Crippen LogP contribution in [0.2, 0.25) is 10.0 Å². The van der Waals surface area contributed by atoms with Crippen LogP contribution in [0.3, 0.4) is 0 Å². The molecule has 0 bridgehead atoms. The Morgan fingerprint density at radius 1 is 1.11 bits per heavy atom. The van der Waals surface area contributed by atoms with E-state index in [0.29, 0.717) is 23.0 Å². The van der Waals surface area contributed by atoms with Gasteiger partial charge in [-0.15, -0.1) is 0 Å². The molecule has 27 heavy (non-hydrogen) atoms. The van der Waals surface area contributed by atoms with Gasteiger partial charge < -0.3 is 10.2 Å². The summed E-state index contributed by atoms with van der Waals surface area (Å²) < 4.78 is 12.9. The van der Waals surface area contributed by atoms with Crippen LogP contribution in [0.25, 0.3) is 0 Å². The molecule has 0 aliphatic carbocycles. The molecule has 0 aromatic heterocycles. The van der Waals surface area contributed by atoms with Crippen molar-refractivity contribution >= 4 is 35.0 Å². The maximum absolute atomic E-state index is 12.9. The molecule has 0 radical (unpaired) electrons. The number of aryl methyl sites for hydroxylation is 1. The molecule has 0 fully saturated rings. The van der Waals surface area contributed by atoms with Gasteiger partial charge in [0.1, 0.15) is 5.82 Å². The van der Waals surface area contributed by atoms with Gasteiger partial charge in [0.25, 0.3) is 0 Å². The first kappa shape index (κ1) is 21.2. The average Bonchev–Trinajstić information content (AvgIpc) is 2.66. The van der Waals surface area contributed by atoms with E-state index in [1.54, 1.807) is 24.3 Å². The lowest BCUT2D eigenvalue weighted by molar-refractivity contribution is -0.135. The second kappa shape index (κ2) is 10.3. The minimum absolute atomic E-state index is 0.0280. The van der Waals surface area contributed by atoms with Crippen LogP contribution in [0.5, 0.6) is 0 Å². The monoisotopic (exact) mass is 410 g/mol. The fourth-order valence-electron chi connectivity index (χ4n) is 2.55. The Morgan fingerprint density at radius 2 is 1.81 bits per heavy atom. The number of hydrogen-bond acceptors (Lipinski definition) is 2. The van der Waals surface area contributed by atoms with Crippen molar-refractivity contribution < 1.29 is 14.0 Å². The quantitative estimate of drug-likeness (QED) is 0.707. The Morgan fingerprint density at radius 3 is 2.48 bits per heavy atom. The Hall–Kier alpha value is -2.11. The van der Waals surface area contributed by atoms with Crippen molar-refractivity contribution in [2.45, 2.75) is 26.3 Å². The Labute approximate surface area is 168 Å². The van der Waals surface area contributed by atoms with E-state index >= 15 is 0 Å². The highest BCUT2D eigenvalue weighted by atomic mass is 35.5. The van der Waals surface area contributed by atoms with Gasteiger partial charge in [0.05, 0.1) is 16.6 Å². The minimum Gasteiger partial charge on any atom is -0.350 e. The summed E-state index contributed by atoms with van der Waals surface area (Å²) in [6.07, 6.45) is 0.686. The smallest absolute Gasteiger partial charge is 0.239 e. The minimum atomic E-state index is -0.326.